The van der Waals surface area contributed by atoms with Gasteiger partial charge in [0, 0.05) is 5.56 Å². The van der Waals surface area contributed by atoms with Crippen LogP contribution in [0.15, 0.2) is 24.3 Å². The summed E-state index contributed by atoms with van der Waals surface area (Å²) in [5.41, 5.74) is 2.73. The van der Waals surface area contributed by atoms with Gasteiger partial charge >= 0.3 is 5.97 Å². The summed E-state index contributed by atoms with van der Waals surface area (Å²) in [6, 6.07) is 6.27. The van der Waals surface area contributed by atoms with Gasteiger partial charge in [0.2, 0.25) is 0 Å². The van der Waals surface area contributed by atoms with Gasteiger partial charge in [-0.15, -0.1) is 0 Å². The SMILES string of the molecule is COC(=O)c1ccccc1NC(=O)c1c2c(nn1C1CCS(=O)(=O)C1)CCC2. The van der Waals surface area contributed by atoms with Gasteiger partial charge in [-0.3, -0.25) is 9.48 Å². The highest BCUT2D eigenvalue weighted by molar-refractivity contribution is 7.91. The number of aryl methyl sites for hydroxylation is 1. The molecule has 1 aliphatic carbocycles. The Hall–Kier alpha value is -2.68. The Morgan fingerprint density at radius 3 is 2.75 bits per heavy atom. The number of para-hydroxylation sites is 1. The van der Waals surface area contributed by atoms with E-state index < -0.39 is 21.7 Å². The van der Waals surface area contributed by atoms with Crippen molar-refractivity contribution in [3.05, 3.63) is 46.8 Å². The van der Waals surface area contributed by atoms with Gasteiger partial charge in [0.1, 0.15) is 5.69 Å². The van der Waals surface area contributed by atoms with E-state index in [9.17, 15) is 18.0 Å². The Morgan fingerprint density at radius 1 is 1.25 bits per heavy atom. The molecule has 1 aliphatic heterocycles. The van der Waals surface area contributed by atoms with Crippen molar-refractivity contribution in [3.8, 4) is 0 Å². The van der Waals surface area contributed by atoms with Crippen LogP contribution in [0.5, 0.6) is 0 Å². The summed E-state index contributed by atoms with van der Waals surface area (Å²) in [5, 5.41) is 7.37. The molecule has 2 aliphatic rings. The van der Waals surface area contributed by atoms with E-state index in [2.05, 4.69) is 10.4 Å². The first-order chi connectivity index (χ1) is 13.4. The average molecular weight is 403 g/mol. The zero-order valence-electron chi connectivity index (χ0n) is 15.5. The number of nitrogens with one attached hydrogen (secondary N) is 1. The van der Waals surface area contributed by atoms with Crippen LogP contribution < -0.4 is 5.32 Å². The van der Waals surface area contributed by atoms with E-state index in [1.54, 1.807) is 28.9 Å². The van der Waals surface area contributed by atoms with Gasteiger partial charge in [-0.05, 0) is 37.8 Å². The Balaban J connectivity index is 1.70. The van der Waals surface area contributed by atoms with E-state index in [4.69, 9.17) is 4.74 Å². The first-order valence-corrected chi connectivity index (χ1v) is 11.0. The molecule has 1 saturated heterocycles. The fraction of sp³-hybridized carbons (Fsp3) is 0.421. The van der Waals surface area contributed by atoms with Gasteiger partial charge < -0.3 is 10.1 Å². The molecule has 0 saturated carbocycles. The predicted molar refractivity (Wildman–Crippen MR) is 102 cm³/mol. The number of rotatable bonds is 4. The highest BCUT2D eigenvalue weighted by Gasteiger charge is 2.35. The van der Waals surface area contributed by atoms with Crippen LogP contribution >= 0.6 is 0 Å². The maximum Gasteiger partial charge on any atom is 0.339 e. The van der Waals surface area contributed by atoms with Crippen LogP contribution in [-0.2, 0) is 27.4 Å². The third-order valence-corrected chi connectivity index (χ3v) is 7.03. The minimum atomic E-state index is -3.11. The number of carbonyl (C=O) groups is 2. The Morgan fingerprint density at radius 2 is 2.04 bits per heavy atom. The molecule has 1 atom stereocenters. The minimum absolute atomic E-state index is 0.00735. The molecular weight excluding hydrogens is 382 g/mol. The maximum absolute atomic E-state index is 13.2. The van der Waals surface area contributed by atoms with Crippen molar-refractivity contribution in [2.45, 2.75) is 31.7 Å². The van der Waals surface area contributed by atoms with E-state index >= 15 is 0 Å². The Bertz CT molecular complexity index is 1060. The van der Waals surface area contributed by atoms with Crippen LogP contribution in [0, 0.1) is 0 Å². The summed E-state index contributed by atoms with van der Waals surface area (Å²) >= 11 is 0. The van der Waals surface area contributed by atoms with Crippen LogP contribution in [0.2, 0.25) is 0 Å². The second-order valence-electron chi connectivity index (χ2n) is 7.12. The standard InChI is InChI=1S/C19H21N3O5S/c1-27-19(24)14-5-2-3-7-15(14)20-18(23)17-13-6-4-8-16(13)21-22(17)12-9-10-28(25,26)11-12/h2-3,5,7,12H,4,6,8-11H2,1H3,(H,20,23). The summed E-state index contributed by atoms with van der Waals surface area (Å²) in [4.78, 5) is 25.1. The van der Waals surface area contributed by atoms with Crippen LogP contribution in [-0.4, -0.2) is 48.7 Å². The van der Waals surface area contributed by atoms with Gasteiger partial charge in [-0.25, -0.2) is 13.2 Å². The third kappa shape index (κ3) is 3.30. The number of hydrogen-bond donors (Lipinski definition) is 1. The Kier molecular flexibility index (Phi) is 4.70. The quantitative estimate of drug-likeness (QED) is 0.780. The maximum atomic E-state index is 13.2. The van der Waals surface area contributed by atoms with Crippen LogP contribution in [0.3, 0.4) is 0 Å². The number of nitrogens with zero attached hydrogens (tertiary/aromatic N) is 2. The molecule has 0 bridgehead atoms. The lowest BCUT2D eigenvalue weighted by Crippen LogP contribution is -2.24. The molecule has 8 nitrogen and oxygen atoms in total. The Labute approximate surface area is 162 Å². The molecule has 4 rings (SSSR count). The molecule has 1 aromatic carbocycles. The zero-order chi connectivity index (χ0) is 19.9. The van der Waals surface area contributed by atoms with Gasteiger partial charge in [0.15, 0.2) is 9.84 Å². The van der Waals surface area contributed by atoms with Crippen molar-refractivity contribution < 1.29 is 22.7 Å². The topological polar surface area (TPSA) is 107 Å². The number of anilines is 1. The number of methoxy groups -OCH3 is 1. The zero-order valence-corrected chi connectivity index (χ0v) is 16.3. The largest absolute Gasteiger partial charge is 0.465 e. The molecule has 28 heavy (non-hydrogen) atoms. The second-order valence-corrected chi connectivity index (χ2v) is 9.35. The molecule has 0 radical (unpaired) electrons. The smallest absolute Gasteiger partial charge is 0.339 e. The molecule has 2 aromatic rings. The van der Waals surface area contributed by atoms with E-state index in [-0.39, 0.29) is 23.1 Å². The van der Waals surface area contributed by atoms with Crippen molar-refractivity contribution in [2.75, 3.05) is 23.9 Å². The number of esters is 1. The number of sulfone groups is 1. The van der Waals surface area contributed by atoms with Crippen LogP contribution in [0.1, 0.15) is 51.0 Å². The lowest BCUT2D eigenvalue weighted by Gasteiger charge is -2.15. The molecule has 9 heteroatoms. The van der Waals surface area contributed by atoms with Crippen LogP contribution in [0.25, 0.3) is 0 Å². The number of ether oxygens (including phenoxy) is 1. The molecule has 1 aromatic heterocycles. The van der Waals surface area contributed by atoms with Crippen molar-refractivity contribution in [2.24, 2.45) is 0 Å². The van der Waals surface area contributed by atoms with Crippen molar-refractivity contribution in [1.82, 2.24) is 9.78 Å². The molecule has 1 fully saturated rings. The normalized spacial score (nSPS) is 20.0. The predicted octanol–water partition coefficient (Wildman–Crippen LogP) is 1.77. The first-order valence-electron chi connectivity index (χ1n) is 9.19. The van der Waals surface area contributed by atoms with Gasteiger partial charge in [0.05, 0.1) is 41.6 Å². The second kappa shape index (κ2) is 7.05. The van der Waals surface area contributed by atoms with Gasteiger partial charge in [-0.2, -0.15) is 5.10 Å². The molecule has 1 unspecified atom stereocenters. The van der Waals surface area contributed by atoms with E-state index in [1.165, 1.54) is 7.11 Å². The average Bonchev–Trinajstić information content (AvgIpc) is 3.34. The van der Waals surface area contributed by atoms with E-state index in [0.29, 0.717) is 17.8 Å². The number of aromatic nitrogens is 2. The molecule has 2 heterocycles. The molecule has 1 amide bonds. The van der Waals surface area contributed by atoms with Crippen molar-refractivity contribution >= 4 is 27.4 Å². The summed E-state index contributed by atoms with van der Waals surface area (Å²) in [7, 11) is -1.83. The fourth-order valence-corrected chi connectivity index (χ4v) is 5.64. The number of benzene rings is 1. The molecule has 1 N–H and O–H groups in total. The first kappa shape index (κ1) is 18.7. The summed E-state index contributed by atoms with van der Waals surface area (Å²) in [6.07, 6.45) is 2.87. The summed E-state index contributed by atoms with van der Waals surface area (Å²) in [5.74, 6) is -0.839. The highest BCUT2D eigenvalue weighted by atomic mass is 32.2. The van der Waals surface area contributed by atoms with E-state index in [1.807, 2.05) is 0 Å². The number of amides is 1. The number of fused-ring (bicyclic) bond motifs is 1. The van der Waals surface area contributed by atoms with Crippen molar-refractivity contribution in [3.63, 3.8) is 0 Å². The molecular formula is C19H21N3O5S. The minimum Gasteiger partial charge on any atom is -0.465 e. The molecule has 0 spiro atoms. The monoisotopic (exact) mass is 403 g/mol. The lowest BCUT2D eigenvalue weighted by atomic mass is 10.1. The summed E-state index contributed by atoms with van der Waals surface area (Å²) in [6.45, 7) is 0. The number of carbonyl (C=O) groups excluding carboxylic acids is 2. The number of hydrogen-bond acceptors (Lipinski definition) is 6. The lowest BCUT2D eigenvalue weighted by molar-refractivity contribution is 0.0602. The van der Waals surface area contributed by atoms with E-state index in [0.717, 1.165) is 30.5 Å². The third-order valence-electron chi connectivity index (χ3n) is 5.28. The molecule has 148 valence electrons. The summed E-state index contributed by atoms with van der Waals surface area (Å²) < 4.78 is 30.2. The highest BCUT2D eigenvalue weighted by Crippen LogP contribution is 2.32. The van der Waals surface area contributed by atoms with Crippen LogP contribution in [0.4, 0.5) is 5.69 Å². The van der Waals surface area contributed by atoms with Crippen molar-refractivity contribution in [1.29, 1.82) is 0 Å². The van der Waals surface area contributed by atoms with Gasteiger partial charge in [0.25, 0.3) is 5.91 Å². The van der Waals surface area contributed by atoms with Gasteiger partial charge in [-0.1, -0.05) is 12.1 Å². The fourth-order valence-electron chi connectivity index (χ4n) is 3.95.